The number of carbonyl (C=O) groups is 4. The first kappa shape index (κ1) is 20.9. The number of rotatable bonds is 5. The summed E-state index contributed by atoms with van der Waals surface area (Å²) in [5.74, 6) is -2.21. The third-order valence-electron chi connectivity index (χ3n) is 5.44. The number of carbonyl (C=O) groups excluding carboxylic acids is 3. The van der Waals surface area contributed by atoms with Crippen LogP contribution in [0.4, 0.5) is 5.69 Å². The summed E-state index contributed by atoms with van der Waals surface area (Å²) in [6, 6.07) is 10.7. The molecule has 0 saturated heterocycles. The van der Waals surface area contributed by atoms with E-state index in [1.54, 1.807) is 31.3 Å². The van der Waals surface area contributed by atoms with Crippen LogP contribution in [0.5, 0.6) is 5.75 Å². The minimum Gasteiger partial charge on any atom is -0.482 e. The molecule has 2 aliphatic rings. The number of nitrogens with one attached hydrogen (secondary N) is 1. The Labute approximate surface area is 183 Å². The Morgan fingerprint density at radius 2 is 1.84 bits per heavy atom. The van der Waals surface area contributed by atoms with Gasteiger partial charge >= 0.3 is 5.97 Å². The number of fused-ring (bicyclic) bond motifs is 2. The van der Waals surface area contributed by atoms with Crippen molar-refractivity contribution in [2.24, 2.45) is 0 Å². The zero-order valence-electron chi connectivity index (χ0n) is 17.2. The first-order valence-electron chi connectivity index (χ1n) is 9.59. The van der Waals surface area contributed by atoms with Gasteiger partial charge in [-0.15, -0.1) is 0 Å². The minimum atomic E-state index is -1.38. The summed E-state index contributed by atoms with van der Waals surface area (Å²) in [6.45, 7) is 6.94. The Kier molecular flexibility index (Phi) is 5.01. The van der Waals surface area contributed by atoms with Crippen molar-refractivity contribution in [1.82, 2.24) is 10.2 Å². The Bertz CT molecular complexity index is 1230. The molecule has 0 atom stereocenters. The molecule has 32 heavy (non-hydrogen) atoms. The van der Waals surface area contributed by atoms with Gasteiger partial charge < -0.3 is 20.1 Å². The van der Waals surface area contributed by atoms with Crippen molar-refractivity contribution in [3.05, 3.63) is 72.1 Å². The number of anilines is 1. The fourth-order valence-electron chi connectivity index (χ4n) is 3.65. The van der Waals surface area contributed by atoms with E-state index in [2.05, 4.69) is 18.5 Å². The third-order valence-corrected chi connectivity index (χ3v) is 5.44. The van der Waals surface area contributed by atoms with E-state index in [9.17, 15) is 19.2 Å². The lowest BCUT2D eigenvalue weighted by Crippen LogP contribution is -2.35. The number of likely N-dealkylation sites (N-methyl/N-ethyl adjacent to an activating group) is 1. The molecule has 0 spiro atoms. The quantitative estimate of drug-likeness (QED) is 0.696. The lowest BCUT2D eigenvalue weighted by Gasteiger charge is -2.26. The Balaban J connectivity index is 1.64. The number of carboxylic acids is 1. The van der Waals surface area contributed by atoms with Gasteiger partial charge in [-0.1, -0.05) is 31.4 Å². The molecule has 3 amide bonds. The van der Waals surface area contributed by atoms with Gasteiger partial charge in [0.2, 0.25) is 0 Å². The number of hydrogen-bond donors (Lipinski definition) is 2. The van der Waals surface area contributed by atoms with Gasteiger partial charge in [0.15, 0.2) is 6.61 Å². The number of benzene rings is 2. The monoisotopic (exact) mass is 433 g/mol. The molecule has 162 valence electrons. The van der Waals surface area contributed by atoms with Gasteiger partial charge in [-0.25, -0.2) is 4.79 Å². The molecule has 0 fully saturated rings. The SMILES string of the molecule is C=C(NC(=O)C(=C)N1Cc2c(cccc2-c2ccc3c(c2)OCC(=O)N3C)C1=O)C(=O)O. The summed E-state index contributed by atoms with van der Waals surface area (Å²) in [4.78, 5) is 50.7. The summed E-state index contributed by atoms with van der Waals surface area (Å²) in [5.41, 5.74) is 2.62. The van der Waals surface area contributed by atoms with E-state index < -0.39 is 23.5 Å². The van der Waals surface area contributed by atoms with E-state index in [1.165, 1.54) is 9.80 Å². The molecule has 0 saturated carbocycles. The number of amides is 3. The fourth-order valence-corrected chi connectivity index (χ4v) is 3.65. The second-order valence-electron chi connectivity index (χ2n) is 7.33. The minimum absolute atomic E-state index is 0.0529. The van der Waals surface area contributed by atoms with Crippen molar-refractivity contribution in [1.29, 1.82) is 0 Å². The molecular formula is C23H19N3O6. The molecule has 0 aliphatic carbocycles. The summed E-state index contributed by atoms with van der Waals surface area (Å²) < 4.78 is 5.56. The van der Waals surface area contributed by atoms with E-state index in [0.29, 0.717) is 22.6 Å². The maximum atomic E-state index is 12.9. The zero-order valence-corrected chi connectivity index (χ0v) is 17.2. The number of aliphatic carboxylic acids is 1. The van der Waals surface area contributed by atoms with Crippen LogP contribution in [0.2, 0.25) is 0 Å². The predicted molar refractivity (Wildman–Crippen MR) is 115 cm³/mol. The van der Waals surface area contributed by atoms with Crippen LogP contribution in [-0.4, -0.2) is 47.4 Å². The average Bonchev–Trinajstić information content (AvgIpc) is 3.12. The van der Waals surface area contributed by atoms with Crippen LogP contribution in [0.15, 0.2) is 61.0 Å². The lowest BCUT2D eigenvalue weighted by atomic mass is 9.96. The number of carboxylic acid groups (broad SMARTS) is 1. The van der Waals surface area contributed by atoms with Crippen molar-refractivity contribution < 1.29 is 29.0 Å². The predicted octanol–water partition coefficient (Wildman–Crippen LogP) is 1.89. The van der Waals surface area contributed by atoms with Crippen molar-refractivity contribution in [3.63, 3.8) is 0 Å². The second-order valence-corrected chi connectivity index (χ2v) is 7.33. The van der Waals surface area contributed by atoms with Crippen molar-refractivity contribution in [2.75, 3.05) is 18.6 Å². The van der Waals surface area contributed by atoms with E-state index in [4.69, 9.17) is 9.84 Å². The van der Waals surface area contributed by atoms with Gasteiger partial charge in [0, 0.05) is 12.6 Å². The molecule has 2 aliphatic heterocycles. The summed E-state index contributed by atoms with van der Waals surface area (Å²) >= 11 is 0. The second kappa shape index (κ2) is 7.69. The van der Waals surface area contributed by atoms with Gasteiger partial charge in [-0.2, -0.15) is 0 Å². The lowest BCUT2D eigenvalue weighted by molar-refractivity contribution is -0.134. The highest BCUT2D eigenvalue weighted by Gasteiger charge is 2.34. The molecule has 2 aromatic carbocycles. The van der Waals surface area contributed by atoms with Gasteiger partial charge in [-0.3, -0.25) is 19.3 Å². The van der Waals surface area contributed by atoms with Crippen molar-refractivity contribution in [3.8, 4) is 16.9 Å². The smallest absolute Gasteiger partial charge is 0.351 e. The first-order chi connectivity index (χ1) is 15.2. The molecule has 0 radical (unpaired) electrons. The molecule has 9 heteroatoms. The maximum Gasteiger partial charge on any atom is 0.351 e. The molecule has 0 bridgehead atoms. The topological polar surface area (TPSA) is 116 Å². The molecule has 2 N–H and O–H groups in total. The molecule has 4 rings (SSSR count). The average molecular weight is 433 g/mol. The highest BCUT2D eigenvalue weighted by atomic mass is 16.5. The summed E-state index contributed by atoms with van der Waals surface area (Å²) in [5, 5.41) is 11.0. The van der Waals surface area contributed by atoms with E-state index in [1.807, 2.05) is 12.1 Å². The number of nitrogens with zero attached hydrogens (tertiary/aromatic N) is 2. The van der Waals surface area contributed by atoms with Gasteiger partial charge in [0.25, 0.3) is 17.7 Å². The van der Waals surface area contributed by atoms with Crippen LogP contribution in [0.25, 0.3) is 11.1 Å². The molecule has 9 nitrogen and oxygen atoms in total. The third kappa shape index (κ3) is 3.39. The Morgan fingerprint density at radius 3 is 2.56 bits per heavy atom. The largest absolute Gasteiger partial charge is 0.482 e. The van der Waals surface area contributed by atoms with Crippen LogP contribution >= 0.6 is 0 Å². The molecule has 0 aromatic heterocycles. The van der Waals surface area contributed by atoms with Crippen molar-refractivity contribution >= 4 is 29.4 Å². The highest BCUT2D eigenvalue weighted by Crippen LogP contribution is 2.39. The number of hydrogen-bond acceptors (Lipinski definition) is 5. The standard InChI is InChI=1S/C23H19N3O6/c1-12(23(30)31)24-21(28)13(2)26-10-17-15(5-4-6-16(17)22(26)29)14-7-8-18-19(9-14)32-11-20(27)25(18)3/h4-9H,1-2,10-11H2,3H3,(H,24,28)(H,30,31). The van der Waals surface area contributed by atoms with Gasteiger partial charge in [0.1, 0.15) is 17.1 Å². The number of ether oxygens (including phenoxy) is 1. The van der Waals surface area contributed by atoms with Crippen LogP contribution in [0.1, 0.15) is 15.9 Å². The summed E-state index contributed by atoms with van der Waals surface area (Å²) in [7, 11) is 1.68. The van der Waals surface area contributed by atoms with Crippen LogP contribution < -0.4 is 15.0 Å². The van der Waals surface area contributed by atoms with Gasteiger partial charge in [0.05, 0.1) is 12.2 Å². The van der Waals surface area contributed by atoms with E-state index >= 15 is 0 Å². The molecule has 0 unspecified atom stereocenters. The first-order valence-corrected chi connectivity index (χ1v) is 9.59. The zero-order chi connectivity index (χ0) is 23.2. The highest BCUT2D eigenvalue weighted by molar-refractivity contribution is 6.08. The van der Waals surface area contributed by atoms with Crippen molar-refractivity contribution in [2.45, 2.75) is 6.54 Å². The van der Waals surface area contributed by atoms with E-state index in [0.717, 1.165) is 11.1 Å². The molecular weight excluding hydrogens is 414 g/mol. The summed E-state index contributed by atoms with van der Waals surface area (Å²) in [6.07, 6.45) is 0. The van der Waals surface area contributed by atoms with Crippen LogP contribution in [0.3, 0.4) is 0 Å². The van der Waals surface area contributed by atoms with Gasteiger partial charge in [-0.05, 0) is 34.9 Å². The molecule has 2 aromatic rings. The molecule has 2 heterocycles. The Hall–Kier alpha value is -4.40. The fraction of sp³-hybridized carbons (Fsp3) is 0.130. The maximum absolute atomic E-state index is 12.9. The van der Waals surface area contributed by atoms with E-state index in [-0.39, 0.29) is 24.8 Å². The van der Waals surface area contributed by atoms with Crippen LogP contribution in [0, 0.1) is 0 Å². The Morgan fingerprint density at radius 1 is 1.12 bits per heavy atom. The van der Waals surface area contributed by atoms with Crippen LogP contribution in [-0.2, 0) is 20.9 Å². The normalized spacial score (nSPS) is 14.4.